The van der Waals surface area contributed by atoms with Crippen LogP contribution >= 0.6 is 0 Å². The molecule has 1 aliphatic carbocycles. The molecule has 2 aromatic heterocycles. The molecule has 0 spiro atoms. The lowest BCUT2D eigenvalue weighted by Crippen LogP contribution is -2.20. The van der Waals surface area contributed by atoms with Crippen LogP contribution in [-0.4, -0.2) is 25.9 Å². The molecule has 1 saturated carbocycles. The van der Waals surface area contributed by atoms with Crippen LogP contribution in [0.1, 0.15) is 33.1 Å². The third kappa shape index (κ3) is 1.98. The number of hydrogen-bond acceptors (Lipinski definition) is 4. The van der Waals surface area contributed by atoms with Gasteiger partial charge < -0.3 is 5.32 Å². The van der Waals surface area contributed by atoms with Crippen LogP contribution in [0.5, 0.6) is 0 Å². The van der Waals surface area contributed by atoms with E-state index in [-0.39, 0.29) is 5.69 Å². The van der Waals surface area contributed by atoms with Crippen LogP contribution in [0.4, 0.5) is 5.82 Å². The highest BCUT2D eigenvalue weighted by atomic mass is 16.2. The number of nitrogens with zero attached hydrogens (tertiary/aromatic N) is 3. The summed E-state index contributed by atoms with van der Waals surface area (Å²) in [4.78, 5) is 11.4. The summed E-state index contributed by atoms with van der Waals surface area (Å²) in [6.45, 7) is 4.57. The lowest BCUT2D eigenvalue weighted by Gasteiger charge is -2.18. The Kier molecular flexibility index (Phi) is 2.39. The first-order valence-corrected chi connectivity index (χ1v) is 6.25. The van der Waals surface area contributed by atoms with Crippen LogP contribution < -0.4 is 11.0 Å². The van der Waals surface area contributed by atoms with Gasteiger partial charge in [0.05, 0.1) is 0 Å². The van der Waals surface area contributed by atoms with Crippen molar-refractivity contribution in [2.45, 2.75) is 39.2 Å². The highest BCUT2D eigenvalue weighted by molar-refractivity contribution is 5.43. The average Bonchev–Trinajstić information content (AvgIpc) is 2.84. The predicted molar refractivity (Wildman–Crippen MR) is 68.7 cm³/mol. The van der Waals surface area contributed by atoms with Crippen molar-refractivity contribution in [2.24, 2.45) is 5.41 Å². The van der Waals surface area contributed by atoms with Gasteiger partial charge in [0.25, 0.3) is 0 Å². The van der Waals surface area contributed by atoms with Crippen molar-refractivity contribution in [1.82, 2.24) is 19.8 Å². The van der Waals surface area contributed by atoms with Crippen LogP contribution in [0.15, 0.2) is 16.9 Å². The molecule has 96 valence electrons. The SMILES string of the molecule is CC1(C)CCC(Nc2ccc3n[nH]c(=O)n3n2)C1. The van der Waals surface area contributed by atoms with E-state index in [4.69, 9.17) is 0 Å². The van der Waals surface area contributed by atoms with Gasteiger partial charge in [-0.2, -0.15) is 9.61 Å². The maximum absolute atomic E-state index is 11.4. The number of fused-ring (bicyclic) bond motifs is 1. The van der Waals surface area contributed by atoms with Crippen LogP contribution in [0.3, 0.4) is 0 Å². The molecule has 1 aliphatic rings. The molecule has 0 radical (unpaired) electrons. The predicted octanol–water partition coefficient (Wildman–Crippen LogP) is 1.41. The Morgan fingerprint density at radius 2 is 2.33 bits per heavy atom. The van der Waals surface area contributed by atoms with E-state index in [9.17, 15) is 4.79 Å². The summed E-state index contributed by atoms with van der Waals surface area (Å²) in [6, 6.07) is 4.08. The van der Waals surface area contributed by atoms with Gasteiger partial charge in [0.2, 0.25) is 0 Å². The number of nitrogens with one attached hydrogen (secondary N) is 2. The molecule has 0 bridgehead atoms. The van der Waals surface area contributed by atoms with Crippen molar-refractivity contribution >= 4 is 11.5 Å². The van der Waals surface area contributed by atoms with Crippen molar-refractivity contribution in [3.05, 3.63) is 22.6 Å². The number of hydrogen-bond donors (Lipinski definition) is 2. The summed E-state index contributed by atoms with van der Waals surface area (Å²) >= 11 is 0. The molecule has 18 heavy (non-hydrogen) atoms. The Morgan fingerprint density at radius 3 is 3.06 bits per heavy atom. The Balaban J connectivity index is 1.83. The first-order chi connectivity index (χ1) is 8.53. The molecule has 6 heteroatoms. The zero-order valence-corrected chi connectivity index (χ0v) is 10.6. The number of aromatic amines is 1. The van der Waals surface area contributed by atoms with Crippen LogP contribution in [0, 0.1) is 5.41 Å². The molecule has 0 amide bonds. The van der Waals surface area contributed by atoms with Crippen molar-refractivity contribution in [2.75, 3.05) is 5.32 Å². The second-order valence-electron chi connectivity index (χ2n) is 5.77. The lowest BCUT2D eigenvalue weighted by atomic mass is 9.92. The van der Waals surface area contributed by atoms with E-state index in [1.165, 1.54) is 10.9 Å². The quantitative estimate of drug-likeness (QED) is 0.841. The molecule has 2 aromatic rings. The minimum atomic E-state index is -0.305. The molecule has 0 saturated heterocycles. The van der Waals surface area contributed by atoms with E-state index >= 15 is 0 Å². The fourth-order valence-electron chi connectivity index (χ4n) is 2.65. The Labute approximate surface area is 104 Å². The second-order valence-corrected chi connectivity index (χ2v) is 5.77. The molecule has 0 aliphatic heterocycles. The Morgan fingerprint density at radius 1 is 1.50 bits per heavy atom. The molecular weight excluding hydrogens is 230 g/mol. The Hall–Kier alpha value is -1.85. The molecule has 2 N–H and O–H groups in total. The van der Waals surface area contributed by atoms with Gasteiger partial charge >= 0.3 is 5.69 Å². The van der Waals surface area contributed by atoms with Crippen LogP contribution in [0.2, 0.25) is 0 Å². The molecule has 2 heterocycles. The molecule has 1 unspecified atom stereocenters. The lowest BCUT2D eigenvalue weighted by molar-refractivity contribution is 0.378. The number of H-pyrrole nitrogens is 1. The minimum absolute atomic E-state index is 0.305. The van der Waals surface area contributed by atoms with Crippen LogP contribution in [0.25, 0.3) is 5.65 Å². The summed E-state index contributed by atoms with van der Waals surface area (Å²) in [7, 11) is 0. The van der Waals surface area contributed by atoms with E-state index in [1.807, 2.05) is 6.07 Å². The van der Waals surface area contributed by atoms with Crippen molar-refractivity contribution in [1.29, 1.82) is 0 Å². The maximum Gasteiger partial charge on any atom is 0.364 e. The topological polar surface area (TPSA) is 75.1 Å². The summed E-state index contributed by atoms with van der Waals surface area (Å²) in [5.41, 5.74) is 0.631. The summed E-state index contributed by atoms with van der Waals surface area (Å²) in [6.07, 6.45) is 3.50. The zero-order valence-electron chi connectivity index (χ0n) is 10.6. The molecular formula is C12H17N5O. The largest absolute Gasteiger partial charge is 0.366 e. The second kappa shape index (κ2) is 3.83. The molecule has 1 atom stereocenters. The third-order valence-electron chi connectivity index (χ3n) is 3.59. The highest BCUT2D eigenvalue weighted by Gasteiger charge is 2.30. The average molecular weight is 247 g/mol. The highest BCUT2D eigenvalue weighted by Crippen LogP contribution is 2.37. The summed E-state index contributed by atoms with van der Waals surface area (Å²) < 4.78 is 1.28. The van der Waals surface area contributed by atoms with E-state index in [1.54, 1.807) is 6.07 Å². The van der Waals surface area contributed by atoms with Gasteiger partial charge in [-0.25, -0.2) is 9.89 Å². The van der Waals surface area contributed by atoms with E-state index in [2.05, 4.69) is 34.5 Å². The third-order valence-corrected chi connectivity index (χ3v) is 3.59. The van der Waals surface area contributed by atoms with E-state index in [0.29, 0.717) is 17.1 Å². The Bertz CT molecular complexity index is 627. The number of aromatic nitrogens is 4. The van der Waals surface area contributed by atoms with Gasteiger partial charge in [0, 0.05) is 6.04 Å². The van der Waals surface area contributed by atoms with Crippen molar-refractivity contribution in [3.8, 4) is 0 Å². The van der Waals surface area contributed by atoms with E-state index < -0.39 is 0 Å². The minimum Gasteiger partial charge on any atom is -0.366 e. The van der Waals surface area contributed by atoms with Gasteiger partial charge in [-0.05, 0) is 36.8 Å². The molecule has 6 nitrogen and oxygen atoms in total. The van der Waals surface area contributed by atoms with E-state index in [0.717, 1.165) is 18.7 Å². The summed E-state index contributed by atoms with van der Waals surface area (Å²) in [5.74, 6) is 0.730. The van der Waals surface area contributed by atoms with Crippen molar-refractivity contribution in [3.63, 3.8) is 0 Å². The normalized spacial score (nSPS) is 22.4. The standard InChI is InChI=1S/C12H17N5O/c1-12(2)6-5-8(7-12)13-9-3-4-10-14-15-11(18)17(10)16-9/h3-4,8H,5-7H2,1-2H3,(H,13,16)(H,15,18). The first-order valence-electron chi connectivity index (χ1n) is 6.25. The fraction of sp³-hybridized carbons (Fsp3) is 0.583. The van der Waals surface area contributed by atoms with Gasteiger partial charge in [-0.1, -0.05) is 13.8 Å². The first kappa shape index (κ1) is 11.3. The van der Waals surface area contributed by atoms with Gasteiger partial charge in [-0.3, -0.25) is 0 Å². The van der Waals surface area contributed by atoms with Gasteiger partial charge in [0.1, 0.15) is 5.82 Å². The monoisotopic (exact) mass is 247 g/mol. The fourth-order valence-corrected chi connectivity index (χ4v) is 2.65. The number of rotatable bonds is 2. The van der Waals surface area contributed by atoms with Crippen LogP contribution in [-0.2, 0) is 0 Å². The molecule has 1 fully saturated rings. The maximum atomic E-state index is 11.4. The van der Waals surface area contributed by atoms with Gasteiger partial charge in [-0.15, -0.1) is 5.10 Å². The molecule has 3 rings (SSSR count). The summed E-state index contributed by atoms with van der Waals surface area (Å²) in [5, 5.41) is 13.9. The van der Waals surface area contributed by atoms with Gasteiger partial charge in [0.15, 0.2) is 5.65 Å². The van der Waals surface area contributed by atoms with Crippen molar-refractivity contribution < 1.29 is 0 Å². The smallest absolute Gasteiger partial charge is 0.364 e. The number of anilines is 1. The zero-order chi connectivity index (χ0) is 12.8. The molecule has 0 aromatic carbocycles.